The summed E-state index contributed by atoms with van der Waals surface area (Å²) in [5.41, 5.74) is 2.34. The summed E-state index contributed by atoms with van der Waals surface area (Å²) in [7, 11) is 0. The number of nitrogens with zero attached hydrogens (tertiary/aromatic N) is 2. The van der Waals surface area contributed by atoms with E-state index in [9.17, 15) is 0 Å². The smallest absolute Gasteiger partial charge is 0.101 e. The van der Waals surface area contributed by atoms with Gasteiger partial charge in [0.1, 0.15) is 6.07 Å². The summed E-state index contributed by atoms with van der Waals surface area (Å²) in [5, 5.41) is 12.2. The van der Waals surface area contributed by atoms with Crippen LogP contribution in [-0.2, 0) is 6.54 Å². The first-order valence-electron chi connectivity index (χ1n) is 5.23. The van der Waals surface area contributed by atoms with E-state index in [0.717, 1.165) is 20.3 Å². The van der Waals surface area contributed by atoms with Crippen molar-refractivity contribution in [1.82, 2.24) is 4.98 Å². The standard InChI is InChI=1S/C13H9Br2N3/c14-10-5-11(15)13(17-7-10)8-18-12-4-2-1-3-9(12)6-16/h1-5,7,18H,8H2. The van der Waals surface area contributed by atoms with Crippen LogP contribution < -0.4 is 5.32 Å². The zero-order valence-electron chi connectivity index (χ0n) is 9.32. The van der Waals surface area contributed by atoms with Crippen LogP contribution in [0.15, 0.2) is 45.5 Å². The predicted octanol–water partition coefficient (Wildman–Crippen LogP) is 4.09. The number of nitrogens with one attached hydrogen (secondary N) is 1. The lowest BCUT2D eigenvalue weighted by atomic mass is 10.2. The molecule has 0 saturated heterocycles. The number of hydrogen-bond acceptors (Lipinski definition) is 3. The average Bonchev–Trinajstić information content (AvgIpc) is 2.38. The van der Waals surface area contributed by atoms with Crippen LogP contribution in [0.2, 0.25) is 0 Å². The normalized spacial score (nSPS) is 9.83. The minimum Gasteiger partial charge on any atom is -0.378 e. The number of halogens is 2. The van der Waals surface area contributed by atoms with Gasteiger partial charge in [0, 0.05) is 15.1 Å². The first-order chi connectivity index (χ1) is 8.70. The number of rotatable bonds is 3. The van der Waals surface area contributed by atoms with Crippen LogP contribution in [-0.4, -0.2) is 4.98 Å². The lowest BCUT2D eigenvalue weighted by Gasteiger charge is -2.08. The predicted molar refractivity (Wildman–Crippen MR) is 78.1 cm³/mol. The third-order valence-corrected chi connectivity index (χ3v) is 3.50. The quantitative estimate of drug-likeness (QED) is 0.889. The summed E-state index contributed by atoms with van der Waals surface area (Å²) in [6.07, 6.45) is 1.75. The molecule has 2 aromatic rings. The monoisotopic (exact) mass is 365 g/mol. The van der Waals surface area contributed by atoms with Crippen molar-refractivity contribution < 1.29 is 0 Å². The van der Waals surface area contributed by atoms with Crippen molar-refractivity contribution in [3.63, 3.8) is 0 Å². The summed E-state index contributed by atoms with van der Waals surface area (Å²) in [5.74, 6) is 0. The highest BCUT2D eigenvalue weighted by molar-refractivity contribution is 9.11. The van der Waals surface area contributed by atoms with E-state index in [0.29, 0.717) is 12.1 Å². The Bertz CT molecular complexity index is 605. The van der Waals surface area contributed by atoms with Crippen LogP contribution in [0.3, 0.4) is 0 Å². The van der Waals surface area contributed by atoms with E-state index in [1.165, 1.54) is 0 Å². The maximum Gasteiger partial charge on any atom is 0.101 e. The van der Waals surface area contributed by atoms with E-state index in [-0.39, 0.29) is 0 Å². The van der Waals surface area contributed by atoms with Gasteiger partial charge < -0.3 is 5.32 Å². The zero-order valence-corrected chi connectivity index (χ0v) is 12.5. The molecule has 3 nitrogen and oxygen atoms in total. The zero-order chi connectivity index (χ0) is 13.0. The fraction of sp³-hybridized carbons (Fsp3) is 0.0769. The van der Waals surface area contributed by atoms with Gasteiger partial charge >= 0.3 is 0 Å². The molecule has 0 spiro atoms. The van der Waals surface area contributed by atoms with E-state index in [1.807, 2.05) is 24.3 Å². The second kappa shape index (κ2) is 5.98. The number of aromatic nitrogens is 1. The second-order valence-corrected chi connectivity index (χ2v) is 5.36. The molecular formula is C13H9Br2N3. The van der Waals surface area contributed by atoms with Crippen LogP contribution in [0.5, 0.6) is 0 Å². The van der Waals surface area contributed by atoms with Gasteiger partial charge in [-0.05, 0) is 50.1 Å². The topological polar surface area (TPSA) is 48.7 Å². The minimum atomic E-state index is 0.562. The number of pyridine rings is 1. The van der Waals surface area contributed by atoms with E-state index in [1.54, 1.807) is 12.3 Å². The van der Waals surface area contributed by atoms with Crippen molar-refractivity contribution >= 4 is 37.5 Å². The molecular weight excluding hydrogens is 358 g/mol. The van der Waals surface area contributed by atoms with Gasteiger partial charge in [-0.1, -0.05) is 12.1 Å². The molecule has 0 saturated carbocycles. The average molecular weight is 367 g/mol. The Kier molecular flexibility index (Phi) is 4.34. The number of anilines is 1. The van der Waals surface area contributed by atoms with Crippen LogP contribution in [0, 0.1) is 11.3 Å². The molecule has 0 aliphatic heterocycles. The van der Waals surface area contributed by atoms with Crippen molar-refractivity contribution in [3.8, 4) is 6.07 Å². The van der Waals surface area contributed by atoms with Crippen molar-refractivity contribution in [1.29, 1.82) is 5.26 Å². The van der Waals surface area contributed by atoms with Gasteiger partial charge in [0.2, 0.25) is 0 Å². The summed E-state index contributed by atoms with van der Waals surface area (Å²) < 4.78 is 1.86. The Hall–Kier alpha value is -1.38. The molecule has 18 heavy (non-hydrogen) atoms. The van der Waals surface area contributed by atoms with E-state index >= 15 is 0 Å². The summed E-state index contributed by atoms with van der Waals surface area (Å²) >= 11 is 6.82. The maximum atomic E-state index is 8.99. The molecule has 0 radical (unpaired) electrons. The van der Waals surface area contributed by atoms with E-state index in [2.05, 4.69) is 48.2 Å². The highest BCUT2D eigenvalue weighted by Crippen LogP contribution is 2.21. The summed E-state index contributed by atoms with van der Waals surface area (Å²) in [4.78, 5) is 4.31. The van der Waals surface area contributed by atoms with Crippen LogP contribution in [0.25, 0.3) is 0 Å². The van der Waals surface area contributed by atoms with Crippen LogP contribution >= 0.6 is 31.9 Å². The molecule has 1 aromatic heterocycles. The number of nitriles is 1. The molecule has 0 atom stereocenters. The van der Waals surface area contributed by atoms with Gasteiger partial charge in [-0.15, -0.1) is 0 Å². The number of hydrogen-bond donors (Lipinski definition) is 1. The van der Waals surface area contributed by atoms with Gasteiger partial charge in [-0.25, -0.2) is 0 Å². The largest absolute Gasteiger partial charge is 0.378 e. The lowest BCUT2D eigenvalue weighted by molar-refractivity contribution is 1.03. The fourth-order valence-electron chi connectivity index (χ4n) is 1.49. The molecule has 0 aliphatic carbocycles. The molecule has 1 heterocycles. The van der Waals surface area contributed by atoms with Crippen LogP contribution in [0.4, 0.5) is 5.69 Å². The first-order valence-corrected chi connectivity index (χ1v) is 6.82. The molecule has 0 bridgehead atoms. The molecule has 0 aliphatic rings. The van der Waals surface area contributed by atoms with Crippen LogP contribution in [0.1, 0.15) is 11.3 Å². The van der Waals surface area contributed by atoms with Crippen molar-refractivity contribution in [2.24, 2.45) is 0 Å². The Labute approximate surface area is 122 Å². The third kappa shape index (κ3) is 3.09. The van der Waals surface area contributed by atoms with Gasteiger partial charge in [0.15, 0.2) is 0 Å². The highest BCUT2D eigenvalue weighted by Gasteiger charge is 2.04. The summed E-state index contributed by atoms with van der Waals surface area (Å²) in [6, 6.07) is 11.5. The van der Waals surface area contributed by atoms with Gasteiger partial charge in [0.25, 0.3) is 0 Å². The van der Waals surface area contributed by atoms with Crippen molar-refractivity contribution in [2.75, 3.05) is 5.32 Å². The third-order valence-electron chi connectivity index (χ3n) is 2.38. The van der Waals surface area contributed by atoms with Gasteiger partial charge in [-0.3, -0.25) is 4.98 Å². The van der Waals surface area contributed by atoms with Crippen molar-refractivity contribution in [2.45, 2.75) is 6.54 Å². The Balaban J connectivity index is 2.14. The highest BCUT2D eigenvalue weighted by atomic mass is 79.9. The van der Waals surface area contributed by atoms with Crippen molar-refractivity contribution in [3.05, 3.63) is 56.7 Å². The summed E-state index contributed by atoms with van der Waals surface area (Å²) in [6.45, 7) is 0.562. The minimum absolute atomic E-state index is 0.562. The second-order valence-electron chi connectivity index (χ2n) is 3.59. The van der Waals surface area contributed by atoms with Gasteiger partial charge in [-0.2, -0.15) is 5.26 Å². The lowest BCUT2D eigenvalue weighted by Crippen LogP contribution is -2.03. The number of benzene rings is 1. The number of para-hydroxylation sites is 1. The SMILES string of the molecule is N#Cc1ccccc1NCc1ncc(Br)cc1Br. The van der Waals surface area contributed by atoms with Gasteiger partial charge in [0.05, 0.1) is 23.5 Å². The molecule has 0 amide bonds. The fourth-order valence-corrected chi connectivity index (χ4v) is 2.61. The maximum absolute atomic E-state index is 8.99. The first kappa shape index (κ1) is 13.1. The Morgan fingerprint density at radius 2 is 2.06 bits per heavy atom. The molecule has 2 rings (SSSR count). The Morgan fingerprint density at radius 3 is 2.78 bits per heavy atom. The molecule has 0 fully saturated rings. The van der Waals surface area contributed by atoms with E-state index in [4.69, 9.17) is 5.26 Å². The van der Waals surface area contributed by atoms with E-state index < -0.39 is 0 Å². The molecule has 5 heteroatoms. The molecule has 1 N–H and O–H groups in total. The Morgan fingerprint density at radius 1 is 1.28 bits per heavy atom. The molecule has 90 valence electrons. The molecule has 1 aromatic carbocycles. The molecule has 0 unspecified atom stereocenters.